The molecule has 43 heavy (non-hydrogen) atoms. The first-order chi connectivity index (χ1) is 19.9. The van der Waals surface area contributed by atoms with Crippen LogP contribution in [0.2, 0.25) is 0 Å². The Hall–Kier alpha value is -2.74. The van der Waals surface area contributed by atoms with Gasteiger partial charge in [-0.15, -0.1) is 0 Å². The van der Waals surface area contributed by atoms with Gasteiger partial charge in [-0.1, -0.05) is 18.2 Å². The smallest absolute Gasteiger partial charge is 0.343 e. The second-order valence-electron chi connectivity index (χ2n) is 11.6. The van der Waals surface area contributed by atoms with Gasteiger partial charge in [-0.3, -0.25) is 9.69 Å². The van der Waals surface area contributed by atoms with Crippen molar-refractivity contribution in [1.29, 1.82) is 0 Å². The van der Waals surface area contributed by atoms with Crippen LogP contribution in [0.3, 0.4) is 0 Å². The Kier molecular flexibility index (Phi) is 7.89. The van der Waals surface area contributed by atoms with Crippen LogP contribution in [0.1, 0.15) is 49.3 Å². The number of amides is 1. The number of piperidine rings is 1. The van der Waals surface area contributed by atoms with Crippen LogP contribution in [-0.4, -0.2) is 68.7 Å². The second kappa shape index (κ2) is 10.7. The van der Waals surface area contributed by atoms with Crippen LogP contribution in [-0.2, 0) is 31.5 Å². The molecule has 1 aliphatic carbocycles. The minimum absolute atomic E-state index is 0.0185. The van der Waals surface area contributed by atoms with E-state index in [4.69, 9.17) is 0 Å². The summed E-state index contributed by atoms with van der Waals surface area (Å²) >= 11 is 0. The van der Waals surface area contributed by atoms with Gasteiger partial charge in [0.25, 0.3) is 0 Å². The number of carbonyl (C=O) groups is 1. The van der Waals surface area contributed by atoms with Crippen molar-refractivity contribution in [2.24, 2.45) is 5.92 Å². The summed E-state index contributed by atoms with van der Waals surface area (Å²) in [5.74, 6) is -0.597. The summed E-state index contributed by atoms with van der Waals surface area (Å²) in [6.45, 7) is 3.34. The normalized spacial score (nSPS) is 24.1. The molecule has 2 heterocycles. The molecule has 0 aromatic heterocycles. The summed E-state index contributed by atoms with van der Waals surface area (Å²) in [6.07, 6.45) is -11.2. The standard InChI is InChI=1S/C29H30F8N2O3S/c1-18(40)38-13-10-19(11-14-38)17-39-15-12-26(43(41,42)23-6-4-22(30)5-7-23)24-8-3-21(16-20(24)2-9-25(26)39)27(31,28(32,33)34)29(35,36)37/h3-8,16,19,25H,2,9-15,17H2,1H3/t25-,26-/m1/s1. The predicted octanol–water partition coefficient (Wildman–Crippen LogP) is 6.06. The summed E-state index contributed by atoms with van der Waals surface area (Å²) < 4.78 is 137. The van der Waals surface area contributed by atoms with Gasteiger partial charge in [-0.25, -0.2) is 17.2 Å². The quantitative estimate of drug-likeness (QED) is 0.295. The highest BCUT2D eigenvalue weighted by Crippen LogP contribution is 2.56. The summed E-state index contributed by atoms with van der Waals surface area (Å²) in [5.41, 5.74) is -7.39. The first-order valence-corrected chi connectivity index (χ1v) is 15.4. The van der Waals surface area contributed by atoms with Gasteiger partial charge in [0.2, 0.25) is 5.91 Å². The fourth-order valence-corrected chi connectivity index (χ4v) is 9.52. The van der Waals surface area contributed by atoms with Crippen molar-refractivity contribution in [2.45, 2.75) is 72.7 Å². The molecule has 236 valence electrons. The van der Waals surface area contributed by atoms with E-state index in [1.54, 1.807) is 4.90 Å². The third-order valence-corrected chi connectivity index (χ3v) is 11.9. The van der Waals surface area contributed by atoms with Crippen LogP contribution in [0.25, 0.3) is 0 Å². The molecule has 0 saturated carbocycles. The molecule has 0 unspecified atom stereocenters. The Labute approximate surface area is 243 Å². The molecule has 1 amide bonds. The molecule has 5 nitrogen and oxygen atoms in total. The average molecular weight is 639 g/mol. The molecule has 0 bridgehead atoms. The Morgan fingerprint density at radius 1 is 0.907 bits per heavy atom. The van der Waals surface area contributed by atoms with E-state index in [0.717, 1.165) is 30.3 Å². The van der Waals surface area contributed by atoms with E-state index in [9.17, 15) is 48.3 Å². The topological polar surface area (TPSA) is 57.7 Å². The molecular weight excluding hydrogens is 608 g/mol. The zero-order valence-electron chi connectivity index (χ0n) is 23.1. The third kappa shape index (κ3) is 5.01. The van der Waals surface area contributed by atoms with E-state index in [0.29, 0.717) is 44.6 Å². The largest absolute Gasteiger partial charge is 0.435 e. The van der Waals surface area contributed by atoms with E-state index in [1.165, 1.54) is 6.92 Å². The SMILES string of the molecule is CC(=O)N1CCC(CN2CC[C@@]3(S(=O)(=O)c4ccc(F)cc4)c4ccc(C(F)(C(F)(F)F)C(F)(F)F)cc4CC[C@@H]23)CC1. The van der Waals surface area contributed by atoms with E-state index in [-0.39, 0.29) is 53.7 Å². The lowest BCUT2D eigenvalue weighted by Gasteiger charge is -2.44. The third-order valence-electron chi connectivity index (χ3n) is 9.33. The van der Waals surface area contributed by atoms with Gasteiger partial charge in [-0.2, -0.15) is 26.3 Å². The minimum Gasteiger partial charge on any atom is -0.343 e. The van der Waals surface area contributed by atoms with E-state index in [1.807, 2.05) is 4.90 Å². The number of aryl methyl sites for hydroxylation is 1. The molecule has 2 fully saturated rings. The summed E-state index contributed by atoms with van der Waals surface area (Å²) in [6, 6.07) is 5.17. The van der Waals surface area contributed by atoms with Gasteiger partial charge in [0, 0.05) is 44.7 Å². The summed E-state index contributed by atoms with van der Waals surface area (Å²) in [5, 5.41) is 0. The van der Waals surface area contributed by atoms with Gasteiger partial charge in [0.05, 0.1) is 4.90 Å². The van der Waals surface area contributed by atoms with Gasteiger partial charge in [0.1, 0.15) is 10.6 Å². The molecule has 0 N–H and O–H groups in total. The number of likely N-dealkylation sites (tertiary alicyclic amines) is 2. The molecule has 2 aromatic rings. The summed E-state index contributed by atoms with van der Waals surface area (Å²) in [7, 11) is -4.39. The highest BCUT2D eigenvalue weighted by molar-refractivity contribution is 7.92. The van der Waals surface area contributed by atoms with E-state index >= 15 is 0 Å². The van der Waals surface area contributed by atoms with Crippen LogP contribution in [0.5, 0.6) is 0 Å². The number of alkyl halides is 7. The van der Waals surface area contributed by atoms with Gasteiger partial charge in [0.15, 0.2) is 9.84 Å². The van der Waals surface area contributed by atoms with Crippen molar-refractivity contribution >= 4 is 15.7 Å². The lowest BCUT2D eigenvalue weighted by molar-refractivity contribution is -0.348. The Balaban J connectivity index is 1.59. The molecule has 2 atom stereocenters. The lowest BCUT2D eigenvalue weighted by atomic mass is 9.76. The van der Waals surface area contributed by atoms with Crippen molar-refractivity contribution < 1.29 is 48.3 Å². The summed E-state index contributed by atoms with van der Waals surface area (Å²) in [4.78, 5) is 15.2. The number of fused-ring (bicyclic) bond motifs is 3. The van der Waals surface area contributed by atoms with Gasteiger partial charge >= 0.3 is 18.0 Å². The molecule has 2 aliphatic heterocycles. The molecule has 2 saturated heterocycles. The lowest BCUT2D eigenvalue weighted by Crippen LogP contribution is -2.53. The Morgan fingerprint density at radius 2 is 1.51 bits per heavy atom. The number of benzene rings is 2. The van der Waals surface area contributed by atoms with Crippen LogP contribution < -0.4 is 0 Å². The fraction of sp³-hybridized carbons (Fsp3) is 0.552. The molecule has 3 aliphatic rings. The van der Waals surface area contributed by atoms with Crippen molar-refractivity contribution in [3.8, 4) is 0 Å². The molecular formula is C29H30F8N2O3S. The van der Waals surface area contributed by atoms with Crippen LogP contribution in [0.15, 0.2) is 47.4 Å². The van der Waals surface area contributed by atoms with Gasteiger partial charge in [-0.05, 0) is 73.4 Å². The average Bonchev–Trinajstić information content (AvgIpc) is 3.31. The second-order valence-corrected chi connectivity index (χ2v) is 13.8. The first kappa shape index (κ1) is 31.7. The van der Waals surface area contributed by atoms with E-state index in [2.05, 4.69) is 0 Å². The molecule has 5 rings (SSSR count). The van der Waals surface area contributed by atoms with Crippen molar-refractivity contribution in [2.75, 3.05) is 26.2 Å². The molecule has 14 heteroatoms. The maximum atomic E-state index is 15.0. The zero-order chi connectivity index (χ0) is 31.6. The zero-order valence-corrected chi connectivity index (χ0v) is 23.9. The minimum atomic E-state index is -6.31. The Bertz CT molecular complexity index is 1470. The molecule has 2 aromatic carbocycles. The molecule has 0 spiro atoms. The number of carbonyl (C=O) groups excluding carboxylic acids is 1. The fourth-order valence-electron chi connectivity index (χ4n) is 7.13. The number of hydrogen-bond acceptors (Lipinski definition) is 4. The number of nitrogens with zero attached hydrogens (tertiary/aromatic N) is 2. The van der Waals surface area contributed by atoms with Crippen molar-refractivity contribution in [1.82, 2.24) is 9.80 Å². The monoisotopic (exact) mass is 638 g/mol. The van der Waals surface area contributed by atoms with Crippen LogP contribution in [0.4, 0.5) is 35.1 Å². The maximum Gasteiger partial charge on any atom is 0.435 e. The highest BCUT2D eigenvalue weighted by atomic mass is 32.2. The van der Waals surface area contributed by atoms with Crippen LogP contribution >= 0.6 is 0 Å². The number of hydrogen-bond donors (Lipinski definition) is 0. The van der Waals surface area contributed by atoms with Crippen LogP contribution in [0, 0.1) is 11.7 Å². The number of sulfone groups is 1. The number of halogens is 8. The Morgan fingerprint density at radius 3 is 2.07 bits per heavy atom. The van der Waals surface area contributed by atoms with Crippen molar-refractivity contribution in [3.63, 3.8) is 0 Å². The van der Waals surface area contributed by atoms with Crippen molar-refractivity contribution in [3.05, 3.63) is 65.0 Å². The molecule has 0 radical (unpaired) electrons. The number of rotatable bonds is 5. The maximum absolute atomic E-state index is 15.0. The first-order valence-electron chi connectivity index (χ1n) is 13.9. The highest BCUT2D eigenvalue weighted by Gasteiger charge is 2.73. The van der Waals surface area contributed by atoms with Gasteiger partial charge < -0.3 is 4.90 Å². The predicted molar refractivity (Wildman–Crippen MR) is 140 cm³/mol. The van der Waals surface area contributed by atoms with E-state index < -0.39 is 50.0 Å².